The highest BCUT2D eigenvalue weighted by molar-refractivity contribution is 6.01. The molecule has 5 nitrogen and oxygen atoms in total. The Kier molecular flexibility index (Phi) is 4.17. The molecule has 1 aromatic rings. The Balaban J connectivity index is 2.49. The number of pyridine rings is 1. The molecule has 0 spiro atoms. The number of aliphatic imine (C=N–C) groups is 2. The quantitative estimate of drug-likeness (QED) is 0.856. The van der Waals surface area contributed by atoms with Crippen LogP contribution in [0, 0.1) is 0 Å². The predicted molar refractivity (Wildman–Crippen MR) is 84.3 cm³/mol. The van der Waals surface area contributed by atoms with Gasteiger partial charge in [0, 0.05) is 31.9 Å². The van der Waals surface area contributed by atoms with Crippen molar-refractivity contribution in [1.82, 2.24) is 4.98 Å². The van der Waals surface area contributed by atoms with Gasteiger partial charge in [-0.2, -0.15) is 0 Å². The predicted octanol–water partition coefficient (Wildman–Crippen LogP) is 2.14. The monoisotopic (exact) mass is 271 g/mol. The summed E-state index contributed by atoms with van der Waals surface area (Å²) in [5.41, 5.74) is 11.0. The molecule has 0 atom stereocenters. The summed E-state index contributed by atoms with van der Waals surface area (Å²) >= 11 is 0. The van der Waals surface area contributed by atoms with E-state index in [1.165, 1.54) is 0 Å². The van der Waals surface area contributed by atoms with Crippen molar-refractivity contribution < 1.29 is 0 Å². The lowest BCUT2D eigenvalue weighted by molar-refractivity contribution is 0.913. The molecule has 106 valence electrons. The third-order valence-electron chi connectivity index (χ3n) is 3.28. The highest BCUT2D eigenvalue weighted by atomic mass is 15.2. The van der Waals surface area contributed by atoms with Gasteiger partial charge >= 0.3 is 0 Å². The van der Waals surface area contributed by atoms with Crippen molar-refractivity contribution in [3.63, 3.8) is 0 Å². The van der Waals surface area contributed by atoms with Gasteiger partial charge in [-0.3, -0.25) is 15.0 Å². The normalized spacial score (nSPS) is 15.8. The van der Waals surface area contributed by atoms with Crippen LogP contribution in [0.15, 0.2) is 39.8 Å². The maximum absolute atomic E-state index is 6.35. The van der Waals surface area contributed by atoms with E-state index in [2.05, 4.69) is 19.9 Å². The van der Waals surface area contributed by atoms with Crippen LogP contribution < -0.4 is 10.6 Å². The summed E-state index contributed by atoms with van der Waals surface area (Å²) in [6.45, 7) is 6.66. The van der Waals surface area contributed by atoms with E-state index in [1.54, 1.807) is 7.05 Å². The largest absolute Gasteiger partial charge is 0.383 e. The maximum Gasteiger partial charge on any atom is 0.132 e. The first kappa shape index (κ1) is 14.2. The van der Waals surface area contributed by atoms with Gasteiger partial charge < -0.3 is 10.6 Å². The second-order valence-electron chi connectivity index (χ2n) is 4.97. The molecule has 5 heteroatoms. The summed E-state index contributed by atoms with van der Waals surface area (Å²) in [6.07, 6.45) is 2.72. The fourth-order valence-corrected chi connectivity index (χ4v) is 2.24. The van der Waals surface area contributed by atoms with Gasteiger partial charge in [-0.05, 0) is 32.9 Å². The molecule has 2 N–H and O–H groups in total. The van der Waals surface area contributed by atoms with Crippen LogP contribution in [0.3, 0.4) is 0 Å². The average molecular weight is 271 g/mol. The number of nitrogens with zero attached hydrogens (tertiary/aromatic N) is 4. The van der Waals surface area contributed by atoms with Crippen LogP contribution in [-0.4, -0.2) is 30.0 Å². The maximum atomic E-state index is 6.35. The number of nitrogens with two attached hydrogens (primary N) is 1. The van der Waals surface area contributed by atoms with Crippen molar-refractivity contribution in [3.8, 4) is 0 Å². The molecule has 1 aliphatic heterocycles. The first-order chi connectivity index (χ1) is 9.54. The molecule has 0 saturated carbocycles. The Labute approximate surface area is 119 Å². The van der Waals surface area contributed by atoms with E-state index in [-0.39, 0.29) is 0 Å². The summed E-state index contributed by atoms with van der Waals surface area (Å²) in [6, 6.07) is 3.97. The van der Waals surface area contributed by atoms with E-state index in [9.17, 15) is 0 Å². The van der Waals surface area contributed by atoms with Crippen molar-refractivity contribution >= 4 is 17.1 Å². The van der Waals surface area contributed by atoms with E-state index in [1.807, 2.05) is 39.1 Å². The lowest BCUT2D eigenvalue weighted by atomic mass is 10.2. The van der Waals surface area contributed by atoms with E-state index in [0.717, 1.165) is 41.5 Å². The fourth-order valence-electron chi connectivity index (χ4n) is 2.24. The molecule has 0 aliphatic carbocycles. The van der Waals surface area contributed by atoms with Gasteiger partial charge in [0.1, 0.15) is 11.5 Å². The second kappa shape index (κ2) is 5.86. The molecule has 0 saturated heterocycles. The molecular formula is C15H21N5. The lowest BCUT2D eigenvalue weighted by Crippen LogP contribution is -2.28. The summed E-state index contributed by atoms with van der Waals surface area (Å²) in [7, 11) is 1.75. The van der Waals surface area contributed by atoms with Crippen molar-refractivity contribution in [2.45, 2.75) is 27.2 Å². The highest BCUT2D eigenvalue weighted by Gasteiger charge is 2.24. The first-order valence-corrected chi connectivity index (χ1v) is 6.71. The third kappa shape index (κ3) is 2.71. The van der Waals surface area contributed by atoms with E-state index >= 15 is 0 Å². The fraction of sp³-hybridized carbons (Fsp3) is 0.400. The van der Waals surface area contributed by atoms with Crippen molar-refractivity contribution in [1.29, 1.82) is 0 Å². The van der Waals surface area contributed by atoms with Crippen LogP contribution in [0.25, 0.3) is 0 Å². The van der Waals surface area contributed by atoms with Gasteiger partial charge in [0.15, 0.2) is 0 Å². The zero-order valence-electron chi connectivity index (χ0n) is 12.5. The van der Waals surface area contributed by atoms with Gasteiger partial charge in [0.2, 0.25) is 0 Å². The number of allylic oxidation sites excluding steroid dienone is 1. The number of aromatic nitrogens is 1. The number of hydrogen-bond acceptors (Lipinski definition) is 5. The van der Waals surface area contributed by atoms with Crippen LogP contribution in [0.4, 0.5) is 5.69 Å². The zero-order chi connectivity index (χ0) is 14.7. The second-order valence-corrected chi connectivity index (χ2v) is 4.97. The molecule has 0 amide bonds. The van der Waals surface area contributed by atoms with Crippen molar-refractivity contribution in [2.75, 3.05) is 18.5 Å². The average Bonchev–Trinajstić information content (AvgIpc) is 2.87. The van der Waals surface area contributed by atoms with E-state index < -0.39 is 0 Å². The molecule has 20 heavy (non-hydrogen) atoms. The Morgan fingerprint density at radius 3 is 2.75 bits per heavy atom. The van der Waals surface area contributed by atoms with Gasteiger partial charge in [-0.15, -0.1) is 0 Å². The van der Waals surface area contributed by atoms with Crippen LogP contribution in [0.1, 0.15) is 26.5 Å². The Morgan fingerprint density at radius 1 is 1.35 bits per heavy atom. The third-order valence-corrected chi connectivity index (χ3v) is 3.28. The Bertz CT molecular complexity index is 594. The molecule has 0 unspecified atom stereocenters. The smallest absolute Gasteiger partial charge is 0.132 e. The molecule has 2 rings (SSSR count). The van der Waals surface area contributed by atoms with Gasteiger partial charge in [0.25, 0.3) is 0 Å². The Morgan fingerprint density at radius 2 is 2.10 bits per heavy atom. The molecule has 0 aromatic carbocycles. The highest BCUT2D eigenvalue weighted by Crippen LogP contribution is 2.28. The molecule has 0 bridgehead atoms. The van der Waals surface area contributed by atoms with Crippen LogP contribution >= 0.6 is 0 Å². The summed E-state index contributed by atoms with van der Waals surface area (Å²) in [5, 5.41) is 0. The van der Waals surface area contributed by atoms with E-state index in [4.69, 9.17) is 5.73 Å². The summed E-state index contributed by atoms with van der Waals surface area (Å²) in [5.74, 6) is 0.640. The molecule has 0 fully saturated rings. The van der Waals surface area contributed by atoms with Gasteiger partial charge in [0.05, 0.1) is 17.1 Å². The molecular weight excluding hydrogens is 250 g/mol. The topological polar surface area (TPSA) is 66.9 Å². The van der Waals surface area contributed by atoms with E-state index in [0.29, 0.717) is 5.82 Å². The van der Waals surface area contributed by atoms with Crippen molar-refractivity contribution in [2.24, 2.45) is 15.7 Å². The molecule has 2 heterocycles. The molecule has 1 aliphatic rings. The standard InChI is InChI=1S/C15H21N5/c1-10(2)19-14(11(3)17-4)15(16)20-9-7-12-13(20)6-5-8-18-12/h5-6,8H,7,9,16H2,1-4H3/b15-14-,17-11-. The minimum Gasteiger partial charge on any atom is -0.383 e. The molecule has 1 aromatic heterocycles. The number of fused-ring (bicyclic) bond motifs is 1. The minimum absolute atomic E-state index is 0.640. The summed E-state index contributed by atoms with van der Waals surface area (Å²) < 4.78 is 0. The van der Waals surface area contributed by atoms with Crippen molar-refractivity contribution in [3.05, 3.63) is 35.5 Å². The molecule has 0 radical (unpaired) electrons. The first-order valence-electron chi connectivity index (χ1n) is 6.71. The Hall–Kier alpha value is -2.17. The minimum atomic E-state index is 0.640. The zero-order valence-corrected chi connectivity index (χ0v) is 12.5. The van der Waals surface area contributed by atoms with Crippen LogP contribution in [0.5, 0.6) is 0 Å². The number of anilines is 1. The number of hydrogen-bond donors (Lipinski definition) is 1. The van der Waals surface area contributed by atoms with Gasteiger partial charge in [-0.25, -0.2) is 0 Å². The van der Waals surface area contributed by atoms with Crippen LogP contribution in [-0.2, 0) is 6.42 Å². The van der Waals surface area contributed by atoms with Crippen LogP contribution in [0.2, 0.25) is 0 Å². The number of rotatable bonds is 3. The lowest BCUT2D eigenvalue weighted by Gasteiger charge is -2.21. The SMILES string of the molecule is C/N=C(C)\C(N=C(C)C)=C(/N)N1CCc2ncccc21. The summed E-state index contributed by atoms with van der Waals surface area (Å²) in [4.78, 5) is 15.2. The van der Waals surface area contributed by atoms with Gasteiger partial charge in [-0.1, -0.05) is 0 Å².